The summed E-state index contributed by atoms with van der Waals surface area (Å²) in [6, 6.07) is 16.1. The zero-order valence-corrected chi connectivity index (χ0v) is 14.5. The second-order valence-electron chi connectivity index (χ2n) is 5.01. The molecule has 4 heteroatoms. The molecule has 0 aromatic heterocycles. The third-order valence-electron chi connectivity index (χ3n) is 3.40. The van der Waals surface area contributed by atoms with E-state index in [1.807, 2.05) is 37.4 Å². The van der Waals surface area contributed by atoms with Gasteiger partial charge in [0.25, 0.3) is 0 Å². The van der Waals surface area contributed by atoms with Crippen molar-refractivity contribution in [2.24, 2.45) is 0 Å². The number of hydrogen-bond acceptors (Lipinski definition) is 2. The van der Waals surface area contributed by atoms with Crippen LogP contribution in [-0.4, -0.2) is 19.2 Å². The van der Waals surface area contributed by atoms with E-state index in [9.17, 15) is 0 Å². The molecule has 2 aromatic carbocycles. The highest BCUT2D eigenvalue weighted by Crippen LogP contribution is 2.20. The first-order valence-electron chi connectivity index (χ1n) is 6.92. The maximum Gasteiger partial charge on any atom is 0.121 e. The molecule has 0 bridgehead atoms. The summed E-state index contributed by atoms with van der Waals surface area (Å²) in [7, 11) is 1.96. The molecule has 2 rings (SSSR count). The Morgan fingerprint density at radius 2 is 1.95 bits per heavy atom. The highest BCUT2D eigenvalue weighted by molar-refractivity contribution is 9.10. The molecule has 0 saturated heterocycles. The van der Waals surface area contributed by atoms with E-state index in [1.54, 1.807) is 0 Å². The van der Waals surface area contributed by atoms with Crippen LogP contribution in [0.2, 0.25) is 5.02 Å². The minimum Gasteiger partial charge on any atom is -0.489 e. The Morgan fingerprint density at radius 1 is 1.19 bits per heavy atom. The zero-order chi connectivity index (χ0) is 15.2. The summed E-state index contributed by atoms with van der Waals surface area (Å²) in [4.78, 5) is 0. The molecule has 21 heavy (non-hydrogen) atoms. The third-order valence-corrected chi connectivity index (χ3v) is 4.13. The molecule has 0 saturated carbocycles. The van der Waals surface area contributed by atoms with Gasteiger partial charge in [0.15, 0.2) is 0 Å². The van der Waals surface area contributed by atoms with Crippen LogP contribution in [0, 0.1) is 0 Å². The molecule has 1 N–H and O–H groups in total. The van der Waals surface area contributed by atoms with Gasteiger partial charge in [0, 0.05) is 15.5 Å². The van der Waals surface area contributed by atoms with E-state index in [2.05, 4.69) is 46.4 Å². The van der Waals surface area contributed by atoms with Crippen molar-refractivity contribution >= 4 is 27.5 Å². The van der Waals surface area contributed by atoms with E-state index in [-0.39, 0.29) is 12.1 Å². The number of benzene rings is 2. The Morgan fingerprint density at radius 3 is 2.62 bits per heavy atom. The van der Waals surface area contributed by atoms with E-state index in [0.717, 1.165) is 16.6 Å². The standard InChI is InChI=1S/C17H19BrClNO/c1-12(21-16-8-4-7-15(19)11-16)17(20-2)10-13-5-3-6-14(18)9-13/h3-9,11-12,17,20H,10H2,1-2H3. The van der Waals surface area contributed by atoms with Crippen LogP contribution in [0.4, 0.5) is 0 Å². The fourth-order valence-corrected chi connectivity index (χ4v) is 2.88. The largest absolute Gasteiger partial charge is 0.489 e. The molecule has 112 valence electrons. The summed E-state index contributed by atoms with van der Waals surface area (Å²) in [6.07, 6.45) is 0.935. The Kier molecular flexibility index (Phi) is 6.09. The van der Waals surface area contributed by atoms with Crippen LogP contribution in [0.3, 0.4) is 0 Å². The second-order valence-corrected chi connectivity index (χ2v) is 6.36. The van der Waals surface area contributed by atoms with Crippen molar-refractivity contribution in [2.75, 3.05) is 7.05 Å². The molecule has 0 aliphatic heterocycles. The molecule has 0 radical (unpaired) electrons. The normalized spacial score (nSPS) is 13.7. The van der Waals surface area contributed by atoms with E-state index in [0.29, 0.717) is 5.02 Å². The van der Waals surface area contributed by atoms with Gasteiger partial charge in [-0.25, -0.2) is 0 Å². The van der Waals surface area contributed by atoms with E-state index < -0.39 is 0 Å². The number of halogens is 2. The van der Waals surface area contributed by atoms with Gasteiger partial charge in [-0.3, -0.25) is 0 Å². The van der Waals surface area contributed by atoms with Crippen LogP contribution in [0.1, 0.15) is 12.5 Å². The lowest BCUT2D eigenvalue weighted by Gasteiger charge is -2.25. The highest BCUT2D eigenvalue weighted by Gasteiger charge is 2.18. The van der Waals surface area contributed by atoms with Gasteiger partial charge in [-0.2, -0.15) is 0 Å². The molecule has 0 spiro atoms. The van der Waals surface area contributed by atoms with Crippen molar-refractivity contribution in [2.45, 2.75) is 25.5 Å². The molecule has 0 fully saturated rings. The van der Waals surface area contributed by atoms with Gasteiger partial charge in [0.2, 0.25) is 0 Å². The number of ether oxygens (including phenoxy) is 1. The van der Waals surface area contributed by atoms with Crippen LogP contribution in [0.15, 0.2) is 53.0 Å². The van der Waals surface area contributed by atoms with Crippen molar-refractivity contribution in [3.8, 4) is 5.75 Å². The lowest BCUT2D eigenvalue weighted by molar-refractivity contribution is 0.174. The summed E-state index contributed by atoms with van der Waals surface area (Å²) >= 11 is 9.49. The number of rotatable bonds is 6. The van der Waals surface area contributed by atoms with Crippen LogP contribution < -0.4 is 10.1 Å². The molecule has 0 aliphatic carbocycles. The third kappa shape index (κ3) is 5.03. The quantitative estimate of drug-likeness (QED) is 0.798. The minimum absolute atomic E-state index is 0.0347. The SMILES string of the molecule is CNC(Cc1cccc(Br)c1)C(C)Oc1cccc(Cl)c1. The highest BCUT2D eigenvalue weighted by atomic mass is 79.9. The summed E-state index contributed by atoms with van der Waals surface area (Å²) in [6.45, 7) is 2.07. The molecule has 2 aromatic rings. The van der Waals surface area contributed by atoms with Crippen LogP contribution in [0.5, 0.6) is 5.75 Å². The Hall–Kier alpha value is -1.03. The van der Waals surface area contributed by atoms with Gasteiger partial charge in [-0.1, -0.05) is 45.7 Å². The molecular weight excluding hydrogens is 350 g/mol. The molecular formula is C17H19BrClNO. The van der Waals surface area contributed by atoms with E-state index in [4.69, 9.17) is 16.3 Å². The lowest BCUT2D eigenvalue weighted by atomic mass is 10.0. The first-order chi connectivity index (χ1) is 10.1. The predicted octanol–water partition coefficient (Wildman–Crippen LogP) is 4.70. The maximum absolute atomic E-state index is 5.99. The Bertz CT molecular complexity index is 591. The first kappa shape index (κ1) is 16.3. The fraction of sp³-hybridized carbons (Fsp3) is 0.294. The first-order valence-corrected chi connectivity index (χ1v) is 8.09. The maximum atomic E-state index is 5.99. The zero-order valence-electron chi connectivity index (χ0n) is 12.1. The van der Waals surface area contributed by atoms with Crippen molar-refractivity contribution in [3.05, 3.63) is 63.6 Å². The lowest BCUT2D eigenvalue weighted by Crippen LogP contribution is -2.41. The van der Waals surface area contributed by atoms with E-state index >= 15 is 0 Å². The number of hydrogen-bond donors (Lipinski definition) is 1. The Balaban J connectivity index is 2.03. The predicted molar refractivity (Wildman–Crippen MR) is 92.2 cm³/mol. The van der Waals surface area contributed by atoms with Crippen molar-refractivity contribution in [3.63, 3.8) is 0 Å². The van der Waals surface area contributed by atoms with Crippen LogP contribution in [-0.2, 0) is 6.42 Å². The molecule has 2 atom stereocenters. The van der Waals surface area contributed by atoms with Gasteiger partial charge in [0.05, 0.1) is 0 Å². The minimum atomic E-state index is 0.0347. The van der Waals surface area contributed by atoms with Crippen molar-refractivity contribution < 1.29 is 4.74 Å². The molecule has 2 nitrogen and oxygen atoms in total. The molecule has 2 unspecified atom stereocenters. The topological polar surface area (TPSA) is 21.3 Å². The summed E-state index contributed by atoms with van der Waals surface area (Å²) in [5.74, 6) is 0.796. The monoisotopic (exact) mass is 367 g/mol. The van der Waals surface area contributed by atoms with Crippen molar-refractivity contribution in [1.29, 1.82) is 0 Å². The molecule has 0 aliphatic rings. The van der Waals surface area contributed by atoms with E-state index in [1.165, 1.54) is 5.56 Å². The average Bonchev–Trinajstić information content (AvgIpc) is 2.44. The second kappa shape index (κ2) is 7.83. The fourth-order valence-electron chi connectivity index (χ4n) is 2.26. The summed E-state index contributed by atoms with van der Waals surface area (Å²) < 4.78 is 7.09. The summed E-state index contributed by atoms with van der Waals surface area (Å²) in [5, 5.41) is 4.02. The molecule has 0 amide bonds. The van der Waals surface area contributed by atoms with Crippen LogP contribution >= 0.6 is 27.5 Å². The van der Waals surface area contributed by atoms with Gasteiger partial charge in [0.1, 0.15) is 11.9 Å². The Labute approximate surface area is 139 Å². The van der Waals surface area contributed by atoms with Crippen LogP contribution in [0.25, 0.3) is 0 Å². The average molecular weight is 369 g/mol. The smallest absolute Gasteiger partial charge is 0.121 e. The number of nitrogens with one attached hydrogen (secondary N) is 1. The van der Waals surface area contributed by atoms with Gasteiger partial charge in [-0.05, 0) is 56.3 Å². The van der Waals surface area contributed by atoms with Gasteiger partial charge in [-0.15, -0.1) is 0 Å². The number of likely N-dealkylation sites (N-methyl/N-ethyl adjacent to an activating group) is 1. The van der Waals surface area contributed by atoms with Gasteiger partial charge < -0.3 is 10.1 Å². The summed E-state index contributed by atoms with van der Waals surface area (Å²) in [5.41, 5.74) is 1.27. The molecule has 0 heterocycles. The van der Waals surface area contributed by atoms with Gasteiger partial charge >= 0.3 is 0 Å². The van der Waals surface area contributed by atoms with Crippen molar-refractivity contribution in [1.82, 2.24) is 5.32 Å².